The van der Waals surface area contributed by atoms with Crippen LogP contribution in [-0.2, 0) is 0 Å². The fourth-order valence-electron chi connectivity index (χ4n) is 3.01. The average molecular weight is 375 g/mol. The molecule has 0 saturated carbocycles. The highest BCUT2D eigenvalue weighted by molar-refractivity contribution is 5.80. The van der Waals surface area contributed by atoms with E-state index >= 15 is 0 Å². The lowest BCUT2D eigenvalue weighted by Gasteiger charge is -2.13. The Bertz CT molecular complexity index is 1280. The lowest BCUT2D eigenvalue weighted by molar-refractivity contribution is 0.625. The van der Waals surface area contributed by atoms with E-state index in [9.17, 15) is 13.6 Å². The molecule has 0 fully saturated rings. The molecule has 2 heterocycles. The molecule has 6 heteroatoms. The average Bonchev–Trinajstić information content (AvgIpc) is 2.69. The number of nitrogens with zero attached hydrogens (tertiary/aromatic N) is 3. The van der Waals surface area contributed by atoms with Crippen LogP contribution < -0.4 is 5.56 Å². The van der Waals surface area contributed by atoms with Gasteiger partial charge in [-0.1, -0.05) is 18.2 Å². The van der Waals surface area contributed by atoms with Crippen molar-refractivity contribution in [1.82, 2.24) is 14.5 Å². The largest absolute Gasteiger partial charge is 0.268 e. The third kappa shape index (κ3) is 3.20. The smallest absolute Gasteiger partial charge is 0.266 e. The maximum absolute atomic E-state index is 14.0. The van der Waals surface area contributed by atoms with Crippen LogP contribution in [0.25, 0.3) is 28.7 Å². The zero-order valence-electron chi connectivity index (χ0n) is 14.9. The van der Waals surface area contributed by atoms with Gasteiger partial charge in [-0.2, -0.15) is 0 Å². The lowest BCUT2D eigenvalue weighted by atomic mass is 10.2. The topological polar surface area (TPSA) is 47.8 Å². The maximum atomic E-state index is 14.0. The Hall–Kier alpha value is -3.67. The van der Waals surface area contributed by atoms with Crippen LogP contribution in [0.3, 0.4) is 0 Å². The highest BCUT2D eigenvalue weighted by Crippen LogP contribution is 2.18. The van der Waals surface area contributed by atoms with E-state index in [-0.39, 0.29) is 11.2 Å². The molecule has 0 N–H and O–H groups in total. The van der Waals surface area contributed by atoms with Crippen LogP contribution in [0.15, 0.2) is 65.6 Å². The molecular formula is C22H15F2N3O. The van der Waals surface area contributed by atoms with Crippen LogP contribution in [0, 0.1) is 18.6 Å². The number of aromatic nitrogens is 3. The van der Waals surface area contributed by atoms with Crippen molar-refractivity contribution in [3.05, 3.63) is 99.9 Å². The van der Waals surface area contributed by atoms with Crippen LogP contribution in [0.2, 0.25) is 0 Å². The summed E-state index contributed by atoms with van der Waals surface area (Å²) in [5.74, 6) is -0.605. The van der Waals surface area contributed by atoms with Crippen molar-refractivity contribution in [3.63, 3.8) is 0 Å². The van der Waals surface area contributed by atoms with Crippen LogP contribution >= 0.6 is 0 Å². The van der Waals surface area contributed by atoms with Crippen molar-refractivity contribution < 1.29 is 8.78 Å². The summed E-state index contributed by atoms with van der Waals surface area (Å²) >= 11 is 0. The minimum Gasteiger partial charge on any atom is -0.268 e. The molecule has 0 aliphatic heterocycles. The second-order valence-electron chi connectivity index (χ2n) is 6.23. The van der Waals surface area contributed by atoms with Crippen LogP contribution in [0.5, 0.6) is 0 Å². The van der Waals surface area contributed by atoms with E-state index in [0.29, 0.717) is 28.3 Å². The predicted molar refractivity (Wildman–Crippen MR) is 105 cm³/mol. The molecule has 4 rings (SSSR count). The Morgan fingerprint density at radius 3 is 2.61 bits per heavy atom. The Labute approximate surface area is 159 Å². The second-order valence-corrected chi connectivity index (χ2v) is 6.23. The molecular weight excluding hydrogens is 360 g/mol. The van der Waals surface area contributed by atoms with Gasteiger partial charge in [-0.15, -0.1) is 0 Å². The van der Waals surface area contributed by atoms with Gasteiger partial charge in [0.15, 0.2) is 0 Å². The number of hydrogen-bond acceptors (Lipinski definition) is 3. The molecule has 0 aliphatic carbocycles. The minimum absolute atomic E-state index is 0.159. The van der Waals surface area contributed by atoms with Gasteiger partial charge in [0.25, 0.3) is 5.56 Å². The Balaban J connectivity index is 2.00. The Morgan fingerprint density at radius 1 is 1.00 bits per heavy atom. The molecule has 0 spiro atoms. The highest BCUT2D eigenvalue weighted by Gasteiger charge is 2.14. The predicted octanol–water partition coefficient (Wildman–Crippen LogP) is 4.54. The van der Waals surface area contributed by atoms with Gasteiger partial charge in [0.2, 0.25) is 0 Å². The third-order valence-electron chi connectivity index (χ3n) is 4.39. The number of fused-ring (bicyclic) bond motifs is 1. The van der Waals surface area contributed by atoms with E-state index in [1.165, 1.54) is 22.8 Å². The minimum atomic E-state index is -0.518. The molecule has 4 aromatic rings. The summed E-state index contributed by atoms with van der Waals surface area (Å²) in [7, 11) is 0. The Morgan fingerprint density at radius 2 is 1.82 bits per heavy atom. The molecule has 28 heavy (non-hydrogen) atoms. The normalized spacial score (nSPS) is 11.4. The molecule has 138 valence electrons. The van der Waals surface area contributed by atoms with Gasteiger partial charge in [0, 0.05) is 11.8 Å². The number of pyridine rings is 1. The fraction of sp³-hybridized carbons (Fsp3) is 0.0455. The number of aryl methyl sites for hydroxylation is 1. The van der Waals surface area contributed by atoms with Gasteiger partial charge in [-0.25, -0.2) is 13.8 Å². The standard InChI is InChI=1S/C22H15F2N3O/c1-14-20(7-4-12-25-14)27-21(11-8-15-5-2-3-6-18(15)24)26-19-10-9-16(23)13-17(19)22(27)28/h2-13H,1H3. The molecule has 0 aliphatic rings. The molecule has 0 bridgehead atoms. The van der Waals surface area contributed by atoms with Crippen molar-refractivity contribution in [2.45, 2.75) is 6.92 Å². The number of benzene rings is 2. The molecule has 0 unspecified atom stereocenters. The maximum Gasteiger partial charge on any atom is 0.266 e. The quantitative estimate of drug-likeness (QED) is 0.528. The van der Waals surface area contributed by atoms with Gasteiger partial charge in [-0.3, -0.25) is 14.3 Å². The summed E-state index contributed by atoms with van der Waals surface area (Å²) in [5.41, 5.74) is 1.44. The first-order chi connectivity index (χ1) is 13.5. The summed E-state index contributed by atoms with van der Waals surface area (Å²) in [6.45, 7) is 1.77. The molecule has 2 aromatic carbocycles. The second kappa shape index (κ2) is 7.15. The summed E-state index contributed by atoms with van der Waals surface area (Å²) < 4.78 is 29.0. The van der Waals surface area contributed by atoms with E-state index < -0.39 is 11.4 Å². The fourth-order valence-corrected chi connectivity index (χ4v) is 3.01. The van der Waals surface area contributed by atoms with E-state index in [4.69, 9.17) is 0 Å². The first-order valence-corrected chi connectivity index (χ1v) is 8.61. The van der Waals surface area contributed by atoms with Crippen molar-refractivity contribution in [2.24, 2.45) is 0 Å². The van der Waals surface area contributed by atoms with E-state index in [1.807, 2.05) is 0 Å². The van der Waals surface area contributed by atoms with Crippen molar-refractivity contribution in [2.75, 3.05) is 0 Å². The third-order valence-corrected chi connectivity index (χ3v) is 4.39. The summed E-state index contributed by atoms with van der Waals surface area (Å²) in [4.78, 5) is 21.9. The van der Waals surface area contributed by atoms with Crippen LogP contribution in [0.4, 0.5) is 8.78 Å². The molecule has 0 atom stereocenters. The van der Waals surface area contributed by atoms with Gasteiger partial charge >= 0.3 is 0 Å². The number of halogens is 2. The van der Waals surface area contributed by atoms with E-state index in [0.717, 1.165) is 6.07 Å². The first-order valence-electron chi connectivity index (χ1n) is 8.61. The monoisotopic (exact) mass is 375 g/mol. The van der Waals surface area contributed by atoms with Crippen molar-refractivity contribution >= 4 is 23.1 Å². The van der Waals surface area contributed by atoms with Gasteiger partial charge in [-0.05, 0) is 55.5 Å². The zero-order chi connectivity index (χ0) is 19.7. The van der Waals surface area contributed by atoms with E-state index in [2.05, 4.69) is 9.97 Å². The van der Waals surface area contributed by atoms with Gasteiger partial charge in [0.1, 0.15) is 17.5 Å². The van der Waals surface area contributed by atoms with Crippen LogP contribution in [0.1, 0.15) is 17.1 Å². The van der Waals surface area contributed by atoms with Gasteiger partial charge < -0.3 is 0 Å². The lowest BCUT2D eigenvalue weighted by Crippen LogP contribution is -2.23. The SMILES string of the molecule is Cc1ncccc1-n1c(C=Cc2ccccc2F)nc2ccc(F)cc2c1=O. The number of rotatable bonds is 3. The summed E-state index contributed by atoms with van der Waals surface area (Å²) in [5, 5.41) is 0.159. The highest BCUT2D eigenvalue weighted by atomic mass is 19.1. The van der Waals surface area contributed by atoms with Gasteiger partial charge in [0.05, 0.1) is 22.3 Å². The van der Waals surface area contributed by atoms with E-state index in [1.54, 1.807) is 55.6 Å². The zero-order valence-corrected chi connectivity index (χ0v) is 14.9. The molecule has 0 saturated heterocycles. The Kier molecular flexibility index (Phi) is 4.53. The first kappa shape index (κ1) is 17.7. The molecule has 0 radical (unpaired) electrons. The van der Waals surface area contributed by atoms with Crippen molar-refractivity contribution in [3.8, 4) is 5.69 Å². The molecule has 2 aromatic heterocycles. The number of hydrogen-bond donors (Lipinski definition) is 0. The molecule has 4 nitrogen and oxygen atoms in total. The summed E-state index contributed by atoms with van der Waals surface area (Å²) in [6, 6.07) is 13.6. The summed E-state index contributed by atoms with van der Waals surface area (Å²) in [6.07, 6.45) is 4.73. The van der Waals surface area contributed by atoms with Crippen molar-refractivity contribution in [1.29, 1.82) is 0 Å². The van der Waals surface area contributed by atoms with Crippen LogP contribution in [-0.4, -0.2) is 14.5 Å². The molecule has 0 amide bonds.